The molecule has 0 atom stereocenters. The molecule has 1 aliphatic carbocycles. The lowest BCUT2D eigenvalue weighted by Gasteiger charge is -2.13. The summed E-state index contributed by atoms with van der Waals surface area (Å²) in [7, 11) is 0. The molecule has 0 unspecified atom stereocenters. The Hall–Kier alpha value is -3.50. The van der Waals surface area contributed by atoms with Crippen LogP contribution in [0.5, 0.6) is 5.75 Å². The third-order valence-electron chi connectivity index (χ3n) is 6.06. The molecule has 7 nitrogen and oxygen atoms in total. The lowest BCUT2D eigenvalue weighted by atomic mass is 10.1. The minimum atomic E-state index is -0.340. The van der Waals surface area contributed by atoms with Crippen LogP contribution >= 0.6 is 23.1 Å². The highest BCUT2D eigenvalue weighted by Gasteiger charge is 2.24. The molecule has 0 saturated heterocycles. The number of thiophene rings is 1. The van der Waals surface area contributed by atoms with E-state index in [9.17, 15) is 14.0 Å². The van der Waals surface area contributed by atoms with E-state index >= 15 is 0 Å². The van der Waals surface area contributed by atoms with E-state index < -0.39 is 0 Å². The summed E-state index contributed by atoms with van der Waals surface area (Å²) >= 11 is 2.75. The molecule has 0 spiro atoms. The van der Waals surface area contributed by atoms with Gasteiger partial charge in [-0.05, 0) is 80.6 Å². The van der Waals surface area contributed by atoms with Crippen LogP contribution in [-0.2, 0) is 17.6 Å². The monoisotopic (exact) mass is 536 g/mol. The number of hydrogen-bond acceptors (Lipinski definition) is 7. The first-order chi connectivity index (χ1) is 17.9. The van der Waals surface area contributed by atoms with Gasteiger partial charge in [0.15, 0.2) is 5.16 Å². The lowest BCUT2D eigenvalue weighted by Crippen LogP contribution is -2.24. The van der Waals surface area contributed by atoms with Crippen LogP contribution in [0, 0.1) is 5.82 Å². The van der Waals surface area contributed by atoms with Gasteiger partial charge in [-0.3, -0.25) is 14.2 Å². The Labute approximate surface area is 221 Å². The summed E-state index contributed by atoms with van der Waals surface area (Å²) in [5.74, 6) is 0.0525. The fourth-order valence-electron chi connectivity index (χ4n) is 4.27. The second kappa shape index (κ2) is 10.9. The molecule has 1 aliphatic rings. The molecule has 4 aromatic rings. The van der Waals surface area contributed by atoms with Gasteiger partial charge in [-0.25, -0.2) is 14.8 Å². The van der Waals surface area contributed by atoms with E-state index in [1.165, 1.54) is 28.8 Å². The van der Waals surface area contributed by atoms with Gasteiger partial charge in [0, 0.05) is 4.88 Å². The van der Waals surface area contributed by atoms with Crippen LogP contribution in [0.3, 0.4) is 0 Å². The summed E-state index contributed by atoms with van der Waals surface area (Å²) in [5.41, 5.74) is 5.44. The highest BCUT2D eigenvalue weighted by atomic mass is 32.2. The fraction of sp³-hybridized carbons (Fsp3) is 0.259. The topological polar surface area (TPSA) is 85.6 Å². The van der Waals surface area contributed by atoms with Crippen molar-refractivity contribution in [1.82, 2.24) is 15.0 Å². The summed E-state index contributed by atoms with van der Waals surface area (Å²) in [6, 6.07) is 13.2. The number of hydrogen-bond donors (Lipinski definition) is 1. The van der Waals surface area contributed by atoms with Crippen molar-refractivity contribution < 1.29 is 13.9 Å². The number of nitrogens with zero attached hydrogens (tertiary/aromatic N) is 3. The van der Waals surface area contributed by atoms with Crippen molar-refractivity contribution in [1.29, 1.82) is 0 Å². The van der Waals surface area contributed by atoms with Gasteiger partial charge in [-0.15, -0.1) is 11.3 Å². The SMILES string of the molecule is CCOc1ccc(-n2c(SCC(=O)NN=C(C)c3ccc(F)cc3)nc3sc4c(c3c2=O)CCC4)cc1. The smallest absolute Gasteiger partial charge is 0.267 e. The number of carbonyl (C=O) groups is 1. The Bertz CT molecular complexity index is 1540. The average molecular weight is 537 g/mol. The van der Waals surface area contributed by atoms with Crippen molar-refractivity contribution in [2.24, 2.45) is 5.10 Å². The maximum Gasteiger partial charge on any atom is 0.267 e. The maximum absolute atomic E-state index is 13.8. The van der Waals surface area contributed by atoms with E-state index in [1.807, 2.05) is 31.2 Å². The fourth-order valence-corrected chi connectivity index (χ4v) is 6.38. The van der Waals surface area contributed by atoms with Gasteiger partial charge in [0.05, 0.1) is 29.1 Å². The number of fused-ring (bicyclic) bond motifs is 3. The minimum absolute atomic E-state index is 0.0142. The molecule has 1 amide bonds. The third-order valence-corrected chi connectivity index (χ3v) is 8.18. The van der Waals surface area contributed by atoms with E-state index in [-0.39, 0.29) is 23.0 Å². The first kappa shape index (κ1) is 25.2. The number of carbonyl (C=O) groups excluding carboxylic acids is 1. The van der Waals surface area contributed by atoms with Gasteiger partial charge in [-0.1, -0.05) is 23.9 Å². The van der Waals surface area contributed by atoms with Gasteiger partial charge in [-0.2, -0.15) is 5.10 Å². The predicted octanol–water partition coefficient (Wildman–Crippen LogP) is 5.11. The minimum Gasteiger partial charge on any atom is -0.494 e. The Kier molecular flexibility index (Phi) is 7.38. The number of aromatic nitrogens is 2. The summed E-state index contributed by atoms with van der Waals surface area (Å²) < 4.78 is 20.3. The zero-order valence-electron chi connectivity index (χ0n) is 20.4. The highest BCUT2D eigenvalue weighted by Crippen LogP contribution is 2.36. The number of benzene rings is 2. The summed E-state index contributed by atoms with van der Waals surface area (Å²) in [4.78, 5) is 33.1. The Balaban J connectivity index is 1.42. The second-order valence-corrected chi connectivity index (χ2v) is 10.6. The molecule has 1 N–H and O–H groups in total. The molecular formula is C27H25FN4O3S2. The highest BCUT2D eigenvalue weighted by molar-refractivity contribution is 7.99. The number of amides is 1. The summed E-state index contributed by atoms with van der Waals surface area (Å²) in [6.07, 6.45) is 2.90. The van der Waals surface area contributed by atoms with Crippen molar-refractivity contribution in [3.05, 3.63) is 80.7 Å². The van der Waals surface area contributed by atoms with E-state index in [0.717, 1.165) is 24.8 Å². The number of thioether (sulfide) groups is 1. The number of aryl methyl sites for hydroxylation is 2. The largest absolute Gasteiger partial charge is 0.494 e. The molecule has 10 heteroatoms. The van der Waals surface area contributed by atoms with Crippen molar-refractivity contribution in [2.75, 3.05) is 12.4 Å². The maximum atomic E-state index is 13.8. The third kappa shape index (κ3) is 5.30. The van der Waals surface area contributed by atoms with Gasteiger partial charge in [0.1, 0.15) is 16.4 Å². The molecule has 0 bridgehead atoms. The molecule has 0 aliphatic heterocycles. The molecule has 0 fully saturated rings. The van der Waals surface area contributed by atoms with Crippen molar-refractivity contribution in [3.63, 3.8) is 0 Å². The normalized spacial score (nSPS) is 13.1. The van der Waals surface area contributed by atoms with Gasteiger partial charge in [0.25, 0.3) is 11.5 Å². The first-order valence-corrected chi connectivity index (χ1v) is 13.8. The van der Waals surface area contributed by atoms with Crippen LogP contribution in [0.25, 0.3) is 15.9 Å². The van der Waals surface area contributed by atoms with E-state index in [4.69, 9.17) is 9.72 Å². The number of ether oxygens (including phenoxy) is 1. The number of halogens is 1. The van der Waals surface area contributed by atoms with Crippen LogP contribution in [0.15, 0.2) is 63.6 Å². The molecule has 0 radical (unpaired) electrons. The molecule has 0 saturated carbocycles. The van der Waals surface area contributed by atoms with Crippen LogP contribution in [0.1, 0.15) is 36.3 Å². The lowest BCUT2D eigenvalue weighted by molar-refractivity contribution is -0.118. The van der Waals surface area contributed by atoms with E-state index in [2.05, 4.69) is 10.5 Å². The quantitative estimate of drug-likeness (QED) is 0.146. The van der Waals surface area contributed by atoms with Crippen LogP contribution < -0.4 is 15.7 Å². The van der Waals surface area contributed by atoms with Gasteiger partial charge < -0.3 is 4.74 Å². The first-order valence-electron chi connectivity index (χ1n) is 12.0. The zero-order chi connectivity index (χ0) is 25.9. The molecule has 2 aromatic carbocycles. The van der Waals surface area contributed by atoms with E-state index in [1.54, 1.807) is 35.0 Å². The number of nitrogens with one attached hydrogen (secondary N) is 1. The van der Waals surface area contributed by atoms with Crippen molar-refractivity contribution >= 4 is 44.9 Å². The molecule has 2 heterocycles. The predicted molar refractivity (Wildman–Crippen MR) is 146 cm³/mol. The molecule has 190 valence electrons. The Morgan fingerprint density at radius 1 is 1.19 bits per heavy atom. The molecular weight excluding hydrogens is 511 g/mol. The van der Waals surface area contributed by atoms with Crippen LogP contribution in [0.2, 0.25) is 0 Å². The summed E-state index contributed by atoms with van der Waals surface area (Å²) in [6.45, 7) is 4.20. The Morgan fingerprint density at radius 3 is 2.68 bits per heavy atom. The Morgan fingerprint density at radius 2 is 1.95 bits per heavy atom. The second-order valence-electron chi connectivity index (χ2n) is 8.53. The molecule has 37 heavy (non-hydrogen) atoms. The molecule has 5 rings (SSSR count). The average Bonchev–Trinajstić information content (AvgIpc) is 3.48. The standard InChI is InChI=1S/C27H25FN4O3S2/c1-3-35-20-13-11-19(12-14-20)32-26(34)24-21-5-4-6-22(21)37-25(24)29-27(32)36-15-23(33)31-30-16(2)17-7-9-18(28)10-8-17/h7-14H,3-6,15H2,1-2H3,(H,31,33). The van der Waals surface area contributed by atoms with Gasteiger partial charge >= 0.3 is 0 Å². The number of hydrazone groups is 1. The molecule has 2 aromatic heterocycles. The van der Waals surface area contributed by atoms with Crippen molar-refractivity contribution in [3.8, 4) is 11.4 Å². The summed E-state index contributed by atoms with van der Waals surface area (Å²) in [5, 5.41) is 5.25. The van der Waals surface area contributed by atoms with Crippen LogP contribution in [-0.4, -0.2) is 33.5 Å². The van der Waals surface area contributed by atoms with Crippen LogP contribution in [0.4, 0.5) is 4.39 Å². The van der Waals surface area contributed by atoms with Crippen molar-refractivity contribution in [2.45, 2.75) is 38.3 Å². The van der Waals surface area contributed by atoms with Gasteiger partial charge in [0.2, 0.25) is 0 Å². The van der Waals surface area contributed by atoms with E-state index in [0.29, 0.717) is 44.7 Å². The zero-order valence-corrected chi connectivity index (χ0v) is 22.0. The number of rotatable bonds is 8.